The van der Waals surface area contributed by atoms with E-state index >= 15 is 0 Å². The summed E-state index contributed by atoms with van der Waals surface area (Å²) in [4.78, 5) is 11.7. The third-order valence-electron chi connectivity index (χ3n) is 3.71. The summed E-state index contributed by atoms with van der Waals surface area (Å²) in [5, 5.41) is 5.69. The predicted molar refractivity (Wildman–Crippen MR) is 123 cm³/mol. The molecule has 152 valence electrons. The van der Waals surface area contributed by atoms with Crippen molar-refractivity contribution in [3.8, 4) is 17.2 Å². The van der Waals surface area contributed by atoms with Crippen molar-refractivity contribution in [2.45, 2.75) is 0 Å². The predicted octanol–water partition coefficient (Wildman–Crippen LogP) is 4.76. The molecule has 0 aromatic heterocycles. The molecule has 3 rings (SSSR count). The fourth-order valence-electron chi connectivity index (χ4n) is 2.37. The number of ether oxygens (including phenoxy) is 3. The summed E-state index contributed by atoms with van der Waals surface area (Å²) in [7, 11) is 1.52. The van der Waals surface area contributed by atoms with Crippen LogP contribution in [0.1, 0.15) is 5.56 Å². The summed E-state index contributed by atoms with van der Waals surface area (Å²) in [6, 6.07) is 10.9. The molecule has 1 aliphatic heterocycles. The first-order valence-electron chi connectivity index (χ1n) is 8.40. The lowest BCUT2D eigenvalue weighted by atomic mass is 10.2. The standard InChI is InChI=1S/C19H16BrClN2O4S2/c1-25-16-9-12(10-22-23-17(24)11-29-19(23)28)8-15(21)18(16)27-7-6-26-14-4-2-13(20)3-5-14/h2-5,8-10H,6-7,11H2,1H3/b22-10-. The molecule has 0 bridgehead atoms. The van der Waals surface area contributed by atoms with E-state index in [0.717, 1.165) is 10.2 Å². The Labute approximate surface area is 191 Å². The molecule has 0 saturated carbocycles. The van der Waals surface area contributed by atoms with Gasteiger partial charge in [0.1, 0.15) is 19.0 Å². The lowest BCUT2D eigenvalue weighted by Crippen LogP contribution is -2.22. The molecule has 0 aliphatic carbocycles. The highest BCUT2D eigenvalue weighted by Gasteiger charge is 2.26. The topological polar surface area (TPSA) is 60.4 Å². The number of nitrogens with zero attached hydrogens (tertiary/aromatic N) is 2. The second kappa shape index (κ2) is 10.3. The maximum absolute atomic E-state index is 11.7. The number of amides is 1. The summed E-state index contributed by atoms with van der Waals surface area (Å²) in [6.07, 6.45) is 1.50. The number of rotatable bonds is 8. The largest absolute Gasteiger partial charge is 0.493 e. The molecule has 0 radical (unpaired) electrons. The average Bonchev–Trinajstić information content (AvgIpc) is 3.03. The van der Waals surface area contributed by atoms with Crippen molar-refractivity contribution in [2.75, 3.05) is 26.1 Å². The highest BCUT2D eigenvalue weighted by atomic mass is 79.9. The van der Waals surface area contributed by atoms with E-state index in [9.17, 15) is 4.79 Å². The van der Waals surface area contributed by atoms with Gasteiger partial charge in [-0.15, -0.1) is 0 Å². The van der Waals surface area contributed by atoms with E-state index < -0.39 is 0 Å². The Balaban J connectivity index is 1.62. The van der Waals surface area contributed by atoms with Crippen LogP contribution in [-0.2, 0) is 4.79 Å². The zero-order valence-electron chi connectivity index (χ0n) is 15.3. The fraction of sp³-hybridized carbons (Fsp3) is 0.211. The van der Waals surface area contributed by atoms with Crippen LogP contribution in [-0.4, -0.2) is 47.5 Å². The first-order chi connectivity index (χ1) is 14.0. The van der Waals surface area contributed by atoms with Gasteiger partial charge in [0.05, 0.1) is 24.1 Å². The number of hydrogen-bond acceptors (Lipinski definition) is 7. The zero-order chi connectivity index (χ0) is 20.8. The van der Waals surface area contributed by atoms with Crippen LogP contribution in [0.15, 0.2) is 46.0 Å². The van der Waals surface area contributed by atoms with E-state index in [4.69, 9.17) is 38.0 Å². The van der Waals surface area contributed by atoms with Crippen molar-refractivity contribution in [1.29, 1.82) is 0 Å². The lowest BCUT2D eigenvalue weighted by Gasteiger charge is -2.14. The lowest BCUT2D eigenvalue weighted by molar-refractivity contribution is -0.123. The highest BCUT2D eigenvalue weighted by molar-refractivity contribution is 9.10. The summed E-state index contributed by atoms with van der Waals surface area (Å²) < 4.78 is 18.2. The first kappa shape index (κ1) is 21.9. The van der Waals surface area contributed by atoms with Crippen LogP contribution in [0.2, 0.25) is 5.02 Å². The van der Waals surface area contributed by atoms with Crippen LogP contribution in [0.5, 0.6) is 17.2 Å². The third kappa shape index (κ3) is 5.85. The Morgan fingerprint density at radius 3 is 2.66 bits per heavy atom. The molecule has 1 fully saturated rings. The van der Waals surface area contributed by atoms with E-state index in [0.29, 0.717) is 38.8 Å². The number of halogens is 2. The van der Waals surface area contributed by atoms with Gasteiger partial charge in [0.25, 0.3) is 5.91 Å². The molecule has 1 aliphatic rings. The molecule has 2 aromatic rings. The Morgan fingerprint density at radius 1 is 1.28 bits per heavy atom. The molecule has 10 heteroatoms. The maximum Gasteiger partial charge on any atom is 0.259 e. The first-order valence-corrected chi connectivity index (χ1v) is 11.0. The molecular weight excluding hydrogens is 500 g/mol. The van der Waals surface area contributed by atoms with Gasteiger partial charge in [-0.2, -0.15) is 10.1 Å². The fourth-order valence-corrected chi connectivity index (χ4v) is 3.88. The van der Waals surface area contributed by atoms with Crippen molar-refractivity contribution < 1.29 is 19.0 Å². The molecule has 0 spiro atoms. The number of thioether (sulfide) groups is 1. The minimum atomic E-state index is -0.153. The van der Waals surface area contributed by atoms with Gasteiger partial charge in [-0.25, -0.2) is 0 Å². The molecule has 1 amide bonds. The molecule has 0 unspecified atom stereocenters. The summed E-state index contributed by atoms with van der Waals surface area (Å²) in [6.45, 7) is 0.629. The molecule has 29 heavy (non-hydrogen) atoms. The maximum atomic E-state index is 11.7. The van der Waals surface area contributed by atoms with Gasteiger partial charge in [0, 0.05) is 4.47 Å². The van der Waals surface area contributed by atoms with Gasteiger partial charge in [-0.05, 0) is 42.0 Å². The van der Waals surface area contributed by atoms with Crippen LogP contribution in [0.3, 0.4) is 0 Å². The van der Waals surface area contributed by atoms with E-state index in [1.807, 2.05) is 24.3 Å². The number of methoxy groups -OCH3 is 1. The Kier molecular flexibility index (Phi) is 7.77. The summed E-state index contributed by atoms with van der Waals surface area (Å²) in [5.74, 6) is 1.75. The van der Waals surface area contributed by atoms with Crippen molar-refractivity contribution in [1.82, 2.24) is 5.01 Å². The van der Waals surface area contributed by atoms with Crippen molar-refractivity contribution in [3.63, 3.8) is 0 Å². The minimum Gasteiger partial charge on any atom is -0.493 e. The SMILES string of the molecule is COc1cc(/C=N\N2C(=O)CSC2=S)cc(Cl)c1OCCOc1ccc(Br)cc1. The van der Waals surface area contributed by atoms with E-state index in [1.165, 1.54) is 30.1 Å². The van der Waals surface area contributed by atoms with E-state index in [1.54, 1.807) is 12.1 Å². The normalized spacial score (nSPS) is 14.0. The van der Waals surface area contributed by atoms with Gasteiger partial charge in [0.2, 0.25) is 0 Å². The molecule has 2 aromatic carbocycles. The molecule has 6 nitrogen and oxygen atoms in total. The second-order valence-electron chi connectivity index (χ2n) is 5.69. The quantitative estimate of drug-likeness (QED) is 0.287. The van der Waals surface area contributed by atoms with E-state index in [2.05, 4.69) is 21.0 Å². The zero-order valence-corrected chi connectivity index (χ0v) is 19.2. The van der Waals surface area contributed by atoms with Crippen molar-refractivity contribution >= 4 is 68.0 Å². The van der Waals surface area contributed by atoms with Gasteiger partial charge >= 0.3 is 0 Å². The van der Waals surface area contributed by atoms with Crippen molar-refractivity contribution in [3.05, 3.63) is 51.5 Å². The monoisotopic (exact) mass is 514 g/mol. The number of benzene rings is 2. The van der Waals surface area contributed by atoms with Gasteiger partial charge in [-0.3, -0.25) is 4.79 Å². The van der Waals surface area contributed by atoms with Crippen molar-refractivity contribution in [2.24, 2.45) is 5.10 Å². The van der Waals surface area contributed by atoms with Crippen LogP contribution in [0, 0.1) is 0 Å². The van der Waals surface area contributed by atoms with Gasteiger partial charge < -0.3 is 14.2 Å². The van der Waals surface area contributed by atoms with Crippen LogP contribution >= 0.6 is 51.5 Å². The number of thiocarbonyl (C=S) groups is 1. The summed E-state index contributed by atoms with van der Waals surface area (Å²) in [5.41, 5.74) is 0.651. The van der Waals surface area contributed by atoms with Gasteiger partial charge in [0.15, 0.2) is 15.8 Å². The Morgan fingerprint density at radius 2 is 2.00 bits per heavy atom. The molecule has 0 N–H and O–H groups in total. The van der Waals surface area contributed by atoms with Crippen LogP contribution in [0.25, 0.3) is 0 Å². The minimum absolute atomic E-state index is 0.153. The molecule has 1 saturated heterocycles. The smallest absolute Gasteiger partial charge is 0.259 e. The average molecular weight is 516 g/mol. The van der Waals surface area contributed by atoms with Crippen LogP contribution in [0.4, 0.5) is 0 Å². The number of hydrazone groups is 1. The molecular formula is C19H16BrClN2O4S2. The number of carbonyl (C=O) groups is 1. The van der Waals surface area contributed by atoms with Crippen LogP contribution < -0.4 is 14.2 Å². The highest BCUT2D eigenvalue weighted by Crippen LogP contribution is 2.36. The number of hydrogen-bond donors (Lipinski definition) is 0. The number of carbonyl (C=O) groups excluding carboxylic acids is 1. The molecule has 0 atom stereocenters. The Hall–Kier alpha value is -1.81. The van der Waals surface area contributed by atoms with Gasteiger partial charge in [-0.1, -0.05) is 51.5 Å². The van der Waals surface area contributed by atoms with E-state index in [-0.39, 0.29) is 12.5 Å². The third-order valence-corrected chi connectivity index (χ3v) is 5.86. The Bertz CT molecular complexity index is 925. The second-order valence-corrected chi connectivity index (χ2v) is 8.62. The summed E-state index contributed by atoms with van der Waals surface area (Å²) >= 11 is 16.1. The molecule has 1 heterocycles.